The summed E-state index contributed by atoms with van der Waals surface area (Å²) in [7, 11) is 7.20. The van der Waals surface area contributed by atoms with Crippen LogP contribution in [0.25, 0.3) is 22.6 Å². The molecule has 1 aromatic carbocycles. The summed E-state index contributed by atoms with van der Waals surface area (Å²) < 4.78 is 11.0. The van der Waals surface area contributed by atoms with E-state index in [0.29, 0.717) is 40.3 Å². The molecule has 0 radical (unpaired) electrons. The summed E-state index contributed by atoms with van der Waals surface area (Å²) in [5.41, 5.74) is 1.74. The van der Waals surface area contributed by atoms with Gasteiger partial charge >= 0.3 is 0 Å². The minimum Gasteiger partial charge on any atom is -0.499 e. The van der Waals surface area contributed by atoms with E-state index in [4.69, 9.17) is 19.4 Å². The Kier molecular flexibility index (Phi) is 5.37. The average molecular weight is 356 g/mol. The standard InChI is InChI=1S/C19H24N4O3/c1-23(2)11-10-20-19(24)12-6-5-7-13-16(12)22-18-15(26-4)9-8-14(25-3)17(18)21-13/h5-7H,8-11H2,1-4H3,(H,20,24). The van der Waals surface area contributed by atoms with Crippen molar-refractivity contribution >= 4 is 28.5 Å². The summed E-state index contributed by atoms with van der Waals surface area (Å²) in [4.78, 5) is 24.1. The van der Waals surface area contributed by atoms with Crippen LogP contribution >= 0.6 is 0 Å². The maximum Gasteiger partial charge on any atom is 0.253 e. The molecule has 0 aliphatic heterocycles. The first-order valence-corrected chi connectivity index (χ1v) is 8.59. The van der Waals surface area contributed by atoms with Gasteiger partial charge in [0.2, 0.25) is 0 Å². The number of rotatable bonds is 6. The second kappa shape index (κ2) is 7.70. The van der Waals surface area contributed by atoms with E-state index in [1.165, 1.54) is 0 Å². The van der Waals surface area contributed by atoms with Crippen molar-refractivity contribution in [2.45, 2.75) is 12.8 Å². The number of nitrogens with zero attached hydrogens (tertiary/aromatic N) is 3. The van der Waals surface area contributed by atoms with E-state index < -0.39 is 0 Å². The van der Waals surface area contributed by atoms with Gasteiger partial charge in [-0.2, -0.15) is 0 Å². The second-order valence-electron chi connectivity index (χ2n) is 6.41. The van der Waals surface area contributed by atoms with Gasteiger partial charge in [-0.25, -0.2) is 9.97 Å². The van der Waals surface area contributed by atoms with Gasteiger partial charge in [0.25, 0.3) is 5.91 Å². The molecule has 0 fully saturated rings. The monoisotopic (exact) mass is 356 g/mol. The van der Waals surface area contributed by atoms with Gasteiger partial charge in [0.1, 0.15) is 27.7 Å². The van der Waals surface area contributed by atoms with E-state index in [1.807, 2.05) is 31.1 Å². The molecule has 1 aliphatic carbocycles. The summed E-state index contributed by atoms with van der Waals surface area (Å²) in [6, 6.07) is 5.44. The third-order valence-corrected chi connectivity index (χ3v) is 4.38. The third kappa shape index (κ3) is 3.48. The van der Waals surface area contributed by atoms with Crippen molar-refractivity contribution in [3.8, 4) is 0 Å². The smallest absolute Gasteiger partial charge is 0.253 e. The van der Waals surface area contributed by atoms with Gasteiger partial charge in [-0.1, -0.05) is 6.07 Å². The molecular formula is C19H24N4O3. The fourth-order valence-corrected chi connectivity index (χ4v) is 3.00. The van der Waals surface area contributed by atoms with Gasteiger partial charge in [0.15, 0.2) is 0 Å². The van der Waals surface area contributed by atoms with Gasteiger partial charge in [0, 0.05) is 25.9 Å². The number of para-hydroxylation sites is 1. The number of fused-ring (bicyclic) bond motifs is 2. The minimum absolute atomic E-state index is 0.155. The zero-order chi connectivity index (χ0) is 18.7. The van der Waals surface area contributed by atoms with Crippen molar-refractivity contribution in [2.75, 3.05) is 41.4 Å². The predicted octanol–water partition coefficient (Wildman–Crippen LogP) is 0.224. The highest BCUT2D eigenvalue weighted by atomic mass is 16.5. The molecule has 2 aromatic rings. The van der Waals surface area contributed by atoms with Gasteiger partial charge in [-0.05, 0) is 26.2 Å². The lowest BCUT2D eigenvalue weighted by Gasteiger charge is -2.15. The predicted molar refractivity (Wildman–Crippen MR) is 99.7 cm³/mol. The largest absolute Gasteiger partial charge is 0.499 e. The molecule has 1 aliphatic rings. The molecule has 3 rings (SSSR count). The maximum absolute atomic E-state index is 12.6. The first-order chi connectivity index (χ1) is 12.5. The van der Waals surface area contributed by atoms with Gasteiger partial charge in [-0.15, -0.1) is 0 Å². The van der Waals surface area contributed by atoms with E-state index in [-0.39, 0.29) is 5.91 Å². The van der Waals surface area contributed by atoms with Crippen molar-refractivity contribution in [1.82, 2.24) is 20.2 Å². The third-order valence-electron chi connectivity index (χ3n) is 4.38. The maximum atomic E-state index is 12.6. The Morgan fingerprint density at radius 2 is 1.77 bits per heavy atom. The van der Waals surface area contributed by atoms with Crippen LogP contribution in [0.5, 0.6) is 0 Å². The SMILES string of the molecule is COC1=c2nc3cccc(C(=O)NCCN(C)C)c3nc2=C(OC)CC1. The number of nitrogens with one attached hydrogen (secondary N) is 1. The van der Waals surface area contributed by atoms with Crippen LogP contribution in [0, 0.1) is 0 Å². The number of likely N-dealkylation sites (N-methyl/N-ethyl adjacent to an activating group) is 1. The molecule has 1 heterocycles. The summed E-state index contributed by atoms with van der Waals surface area (Å²) in [6.07, 6.45) is 1.42. The fourth-order valence-electron chi connectivity index (χ4n) is 3.00. The molecule has 1 N–H and O–H groups in total. The summed E-state index contributed by atoms with van der Waals surface area (Å²) in [5, 5.41) is 4.27. The topological polar surface area (TPSA) is 76.6 Å². The Hall–Kier alpha value is -2.67. The van der Waals surface area contributed by atoms with Crippen LogP contribution in [0.2, 0.25) is 0 Å². The Labute approximate surface area is 152 Å². The number of aromatic nitrogens is 2. The lowest BCUT2D eigenvalue weighted by molar-refractivity contribution is 0.0952. The van der Waals surface area contributed by atoms with Crippen molar-refractivity contribution in [3.63, 3.8) is 0 Å². The highest BCUT2D eigenvalue weighted by Crippen LogP contribution is 2.17. The van der Waals surface area contributed by atoms with Crippen molar-refractivity contribution in [2.24, 2.45) is 0 Å². The number of carbonyl (C=O) groups excluding carboxylic acids is 1. The lowest BCUT2D eigenvalue weighted by atomic mass is 10.1. The molecule has 7 heteroatoms. The van der Waals surface area contributed by atoms with Gasteiger partial charge in [0.05, 0.1) is 25.3 Å². The first kappa shape index (κ1) is 18.1. The molecular weight excluding hydrogens is 332 g/mol. The van der Waals surface area contributed by atoms with E-state index in [2.05, 4.69) is 5.32 Å². The Balaban J connectivity index is 2.13. The Morgan fingerprint density at radius 3 is 2.38 bits per heavy atom. The van der Waals surface area contributed by atoms with Crippen LogP contribution in [-0.4, -0.2) is 62.2 Å². The Bertz CT molecular complexity index is 953. The molecule has 0 bridgehead atoms. The number of hydrogen-bond acceptors (Lipinski definition) is 6. The number of ether oxygens (including phenoxy) is 2. The summed E-state index contributed by atoms with van der Waals surface area (Å²) in [5.74, 6) is 1.39. The molecule has 7 nitrogen and oxygen atoms in total. The van der Waals surface area contributed by atoms with Crippen LogP contribution in [0.4, 0.5) is 0 Å². The fraction of sp³-hybridized carbons (Fsp3) is 0.421. The highest BCUT2D eigenvalue weighted by Gasteiger charge is 2.18. The quantitative estimate of drug-likeness (QED) is 0.798. The molecule has 26 heavy (non-hydrogen) atoms. The van der Waals surface area contributed by atoms with Crippen molar-refractivity contribution in [3.05, 3.63) is 34.5 Å². The normalized spacial score (nSPS) is 13.7. The molecule has 138 valence electrons. The molecule has 0 spiro atoms. The zero-order valence-electron chi connectivity index (χ0n) is 15.6. The molecule has 0 saturated heterocycles. The number of methoxy groups -OCH3 is 2. The molecule has 1 aromatic heterocycles. The molecule has 0 unspecified atom stereocenters. The summed E-state index contributed by atoms with van der Waals surface area (Å²) in [6.45, 7) is 1.34. The zero-order valence-corrected chi connectivity index (χ0v) is 15.6. The number of carbonyl (C=O) groups is 1. The number of amides is 1. The van der Waals surface area contributed by atoms with E-state index in [0.717, 1.165) is 24.5 Å². The van der Waals surface area contributed by atoms with E-state index in [9.17, 15) is 4.79 Å². The molecule has 0 atom stereocenters. The van der Waals surface area contributed by atoms with E-state index >= 15 is 0 Å². The highest BCUT2D eigenvalue weighted by molar-refractivity contribution is 6.04. The number of benzene rings is 1. The molecule has 0 saturated carbocycles. The second-order valence-corrected chi connectivity index (χ2v) is 6.41. The van der Waals surface area contributed by atoms with Gasteiger partial charge in [-0.3, -0.25) is 4.79 Å². The lowest BCUT2D eigenvalue weighted by Crippen LogP contribution is -2.39. The van der Waals surface area contributed by atoms with Crippen LogP contribution in [-0.2, 0) is 9.47 Å². The van der Waals surface area contributed by atoms with Crippen LogP contribution < -0.4 is 16.0 Å². The van der Waals surface area contributed by atoms with Crippen LogP contribution in [0.15, 0.2) is 18.2 Å². The summed E-state index contributed by atoms with van der Waals surface area (Å²) >= 11 is 0. The van der Waals surface area contributed by atoms with Crippen LogP contribution in [0.3, 0.4) is 0 Å². The minimum atomic E-state index is -0.155. The van der Waals surface area contributed by atoms with E-state index in [1.54, 1.807) is 20.3 Å². The first-order valence-electron chi connectivity index (χ1n) is 8.59. The number of hydrogen-bond donors (Lipinski definition) is 1. The van der Waals surface area contributed by atoms with Crippen molar-refractivity contribution < 1.29 is 14.3 Å². The molecule has 1 amide bonds. The van der Waals surface area contributed by atoms with Gasteiger partial charge < -0.3 is 19.7 Å². The average Bonchev–Trinajstić information content (AvgIpc) is 2.64. The van der Waals surface area contributed by atoms with Crippen molar-refractivity contribution in [1.29, 1.82) is 0 Å². The van der Waals surface area contributed by atoms with Crippen LogP contribution in [0.1, 0.15) is 23.2 Å². The Morgan fingerprint density at radius 1 is 1.12 bits per heavy atom.